The summed E-state index contributed by atoms with van der Waals surface area (Å²) in [5.41, 5.74) is 9.75. The minimum Gasteiger partial charge on any atom is -0.497 e. The largest absolute Gasteiger partial charge is 0.497 e. The standard InChI is InChI=1S/C17H21NO2/c1-12-5-4-6-13(9-12)16(18)10-14-7-8-15(19-2)11-17(14)20-3/h4-9,11,16H,10,18H2,1-3H3. The molecule has 0 radical (unpaired) electrons. The predicted molar refractivity (Wildman–Crippen MR) is 81.4 cm³/mol. The topological polar surface area (TPSA) is 44.5 Å². The van der Waals surface area contributed by atoms with Crippen LogP contribution in [0.15, 0.2) is 42.5 Å². The molecule has 0 fully saturated rings. The van der Waals surface area contributed by atoms with Gasteiger partial charge in [-0.15, -0.1) is 0 Å². The molecule has 0 amide bonds. The molecule has 106 valence electrons. The Bertz CT molecular complexity index is 581. The summed E-state index contributed by atoms with van der Waals surface area (Å²) in [5.74, 6) is 1.60. The summed E-state index contributed by atoms with van der Waals surface area (Å²) in [4.78, 5) is 0. The lowest BCUT2D eigenvalue weighted by molar-refractivity contribution is 0.390. The summed E-state index contributed by atoms with van der Waals surface area (Å²) < 4.78 is 10.6. The first-order valence-corrected chi connectivity index (χ1v) is 6.67. The van der Waals surface area contributed by atoms with E-state index in [1.807, 2.05) is 24.3 Å². The fraction of sp³-hybridized carbons (Fsp3) is 0.294. The number of aryl methyl sites for hydroxylation is 1. The first-order chi connectivity index (χ1) is 9.63. The molecule has 3 nitrogen and oxygen atoms in total. The second-order valence-electron chi connectivity index (χ2n) is 4.90. The molecule has 2 rings (SSSR count). The molecule has 1 atom stereocenters. The van der Waals surface area contributed by atoms with Crippen LogP contribution in [-0.4, -0.2) is 14.2 Å². The van der Waals surface area contributed by atoms with E-state index in [0.29, 0.717) is 0 Å². The van der Waals surface area contributed by atoms with Crippen molar-refractivity contribution in [2.24, 2.45) is 5.73 Å². The maximum Gasteiger partial charge on any atom is 0.125 e. The molecule has 0 saturated carbocycles. The zero-order valence-corrected chi connectivity index (χ0v) is 12.2. The summed E-state index contributed by atoms with van der Waals surface area (Å²) in [6.07, 6.45) is 0.733. The highest BCUT2D eigenvalue weighted by Gasteiger charge is 2.11. The number of rotatable bonds is 5. The molecule has 0 aliphatic rings. The normalized spacial score (nSPS) is 12.0. The average Bonchev–Trinajstić information content (AvgIpc) is 2.47. The Kier molecular flexibility index (Phi) is 4.64. The van der Waals surface area contributed by atoms with E-state index in [1.54, 1.807) is 14.2 Å². The van der Waals surface area contributed by atoms with E-state index >= 15 is 0 Å². The van der Waals surface area contributed by atoms with E-state index in [0.717, 1.165) is 29.0 Å². The van der Waals surface area contributed by atoms with Gasteiger partial charge >= 0.3 is 0 Å². The van der Waals surface area contributed by atoms with Crippen molar-refractivity contribution in [3.05, 3.63) is 59.2 Å². The minimum absolute atomic E-state index is 0.0443. The molecular weight excluding hydrogens is 250 g/mol. The summed E-state index contributed by atoms with van der Waals surface area (Å²) in [5, 5.41) is 0. The van der Waals surface area contributed by atoms with Crippen molar-refractivity contribution in [1.29, 1.82) is 0 Å². The molecule has 0 aliphatic carbocycles. The zero-order valence-electron chi connectivity index (χ0n) is 12.2. The number of methoxy groups -OCH3 is 2. The lowest BCUT2D eigenvalue weighted by atomic mass is 9.98. The molecule has 20 heavy (non-hydrogen) atoms. The van der Waals surface area contributed by atoms with Gasteiger partial charge in [-0.2, -0.15) is 0 Å². The summed E-state index contributed by atoms with van der Waals surface area (Å²) in [7, 11) is 3.31. The highest BCUT2D eigenvalue weighted by molar-refractivity contribution is 5.42. The molecule has 2 aromatic rings. The van der Waals surface area contributed by atoms with Gasteiger partial charge in [0.2, 0.25) is 0 Å². The average molecular weight is 271 g/mol. The van der Waals surface area contributed by atoms with Crippen LogP contribution in [0.5, 0.6) is 11.5 Å². The van der Waals surface area contributed by atoms with Crippen LogP contribution in [0.1, 0.15) is 22.7 Å². The lowest BCUT2D eigenvalue weighted by Gasteiger charge is -2.16. The molecule has 0 bridgehead atoms. The quantitative estimate of drug-likeness (QED) is 0.908. The predicted octanol–water partition coefficient (Wildman–Crippen LogP) is 3.25. The van der Waals surface area contributed by atoms with Gasteiger partial charge < -0.3 is 15.2 Å². The monoisotopic (exact) mass is 271 g/mol. The van der Waals surface area contributed by atoms with Gasteiger partial charge in [-0.05, 0) is 30.5 Å². The number of hydrogen-bond acceptors (Lipinski definition) is 3. The van der Waals surface area contributed by atoms with E-state index in [9.17, 15) is 0 Å². The number of benzene rings is 2. The highest BCUT2D eigenvalue weighted by atomic mass is 16.5. The fourth-order valence-electron chi connectivity index (χ4n) is 2.28. The van der Waals surface area contributed by atoms with Crippen molar-refractivity contribution in [1.82, 2.24) is 0 Å². The second kappa shape index (κ2) is 6.44. The van der Waals surface area contributed by atoms with Crippen LogP contribution < -0.4 is 15.2 Å². The maximum atomic E-state index is 6.30. The molecule has 0 saturated heterocycles. The molecule has 0 aromatic heterocycles. The van der Waals surface area contributed by atoms with Crippen molar-refractivity contribution in [3.63, 3.8) is 0 Å². The van der Waals surface area contributed by atoms with Crippen LogP contribution in [0.4, 0.5) is 0 Å². The third-order valence-electron chi connectivity index (χ3n) is 3.40. The Balaban J connectivity index is 2.21. The van der Waals surface area contributed by atoms with E-state index in [1.165, 1.54) is 5.56 Å². The second-order valence-corrected chi connectivity index (χ2v) is 4.90. The van der Waals surface area contributed by atoms with Crippen molar-refractivity contribution >= 4 is 0 Å². The Morgan fingerprint density at radius 2 is 1.85 bits per heavy atom. The van der Waals surface area contributed by atoms with Crippen LogP contribution in [0.3, 0.4) is 0 Å². The first kappa shape index (κ1) is 14.4. The number of nitrogens with two attached hydrogens (primary N) is 1. The third kappa shape index (κ3) is 3.31. The van der Waals surface area contributed by atoms with Crippen molar-refractivity contribution < 1.29 is 9.47 Å². The Morgan fingerprint density at radius 1 is 1.05 bits per heavy atom. The van der Waals surface area contributed by atoms with Crippen molar-refractivity contribution in [3.8, 4) is 11.5 Å². The van der Waals surface area contributed by atoms with Gasteiger partial charge in [0.15, 0.2) is 0 Å². The van der Waals surface area contributed by atoms with Crippen LogP contribution in [0, 0.1) is 6.92 Å². The van der Waals surface area contributed by atoms with Gasteiger partial charge in [0.25, 0.3) is 0 Å². The van der Waals surface area contributed by atoms with Gasteiger partial charge in [-0.1, -0.05) is 35.9 Å². The molecule has 0 spiro atoms. The van der Waals surface area contributed by atoms with E-state index in [2.05, 4.69) is 25.1 Å². The fourth-order valence-corrected chi connectivity index (χ4v) is 2.28. The number of hydrogen-bond donors (Lipinski definition) is 1. The Hall–Kier alpha value is -2.00. The Morgan fingerprint density at radius 3 is 2.50 bits per heavy atom. The molecule has 3 heteroatoms. The molecular formula is C17H21NO2. The summed E-state index contributed by atoms with van der Waals surface area (Å²) in [6, 6.07) is 14.1. The molecule has 2 N–H and O–H groups in total. The van der Waals surface area contributed by atoms with Crippen molar-refractivity contribution in [2.75, 3.05) is 14.2 Å². The molecule has 0 heterocycles. The summed E-state index contributed by atoms with van der Waals surface area (Å²) >= 11 is 0. The van der Waals surface area contributed by atoms with Crippen LogP contribution in [0.25, 0.3) is 0 Å². The van der Waals surface area contributed by atoms with Gasteiger partial charge in [0.05, 0.1) is 14.2 Å². The minimum atomic E-state index is -0.0443. The zero-order chi connectivity index (χ0) is 14.5. The van der Waals surface area contributed by atoms with Crippen molar-refractivity contribution in [2.45, 2.75) is 19.4 Å². The maximum absolute atomic E-state index is 6.30. The van der Waals surface area contributed by atoms with Gasteiger partial charge in [0, 0.05) is 12.1 Å². The molecule has 1 unspecified atom stereocenters. The van der Waals surface area contributed by atoms with Gasteiger partial charge in [0.1, 0.15) is 11.5 Å². The first-order valence-electron chi connectivity index (χ1n) is 6.67. The molecule has 2 aromatic carbocycles. The van der Waals surface area contributed by atoms with Crippen LogP contribution >= 0.6 is 0 Å². The van der Waals surface area contributed by atoms with E-state index in [4.69, 9.17) is 15.2 Å². The Labute approximate surface area is 120 Å². The highest BCUT2D eigenvalue weighted by Crippen LogP contribution is 2.28. The number of ether oxygens (including phenoxy) is 2. The van der Waals surface area contributed by atoms with Crippen LogP contribution in [-0.2, 0) is 6.42 Å². The third-order valence-corrected chi connectivity index (χ3v) is 3.40. The van der Waals surface area contributed by atoms with Gasteiger partial charge in [-0.25, -0.2) is 0 Å². The van der Waals surface area contributed by atoms with Gasteiger partial charge in [-0.3, -0.25) is 0 Å². The smallest absolute Gasteiger partial charge is 0.125 e. The van der Waals surface area contributed by atoms with E-state index < -0.39 is 0 Å². The van der Waals surface area contributed by atoms with E-state index in [-0.39, 0.29) is 6.04 Å². The summed E-state index contributed by atoms with van der Waals surface area (Å²) in [6.45, 7) is 2.07. The lowest BCUT2D eigenvalue weighted by Crippen LogP contribution is -2.14. The SMILES string of the molecule is COc1ccc(CC(N)c2cccc(C)c2)c(OC)c1. The van der Waals surface area contributed by atoms with Crippen LogP contribution in [0.2, 0.25) is 0 Å². The molecule has 0 aliphatic heterocycles.